The first-order valence-corrected chi connectivity index (χ1v) is 10.5. The Labute approximate surface area is 203 Å². The van der Waals surface area contributed by atoms with E-state index in [0.717, 1.165) is 0 Å². The summed E-state index contributed by atoms with van der Waals surface area (Å²) in [6.45, 7) is -1.39. The van der Waals surface area contributed by atoms with Crippen molar-refractivity contribution in [2.24, 2.45) is 5.73 Å². The molecule has 202 valence electrons. The molecule has 18 nitrogen and oxygen atoms in total. The van der Waals surface area contributed by atoms with E-state index in [1.54, 1.807) is 0 Å². The zero-order valence-electron chi connectivity index (χ0n) is 19.0. The lowest BCUT2D eigenvalue weighted by atomic mass is 10.1. The highest BCUT2D eigenvalue weighted by Crippen LogP contribution is 1.97. The molecule has 18 heteroatoms. The first-order chi connectivity index (χ1) is 17.0. The zero-order chi connectivity index (χ0) is 27.1. The van der Waals surface area contributed by atoms with Gasteiger partial charge in [-0.25, -0.2) is 4.79 Å². The van der Waals surface area contributed by atoms with E-state index >= 15 is 0 Å². The highest BCUT2D eigenvalue weighted by atomic mass is 16.5. The van der Waals surface area contributed by atoms with E-state index < -0.39 is 85.7 Å². The van der Waals surface area contributed by atoms with Gasteiger partial charge in [0.2, 0.25) is 17.7 Å². The molecule has 10 N–H and O–H groups in total. The predicted molar refractivity (Wildman–Crippen MR) is 115 cm³/mol. The van der Waals surface area contributed by atoms with Crippen LogP contribution in [0.15, 0.2) is 0 Å². The van der Waals surface area contributed by atoms with Crippen molar-refractivity contribution in [2.75, 3.05) is 39.6 Å². The van der Waals surface area contributed by atoms with Gasteiger partial charge in [-0.2, -0.15) is 0 Å². The van der Waals surface area contributed by atoms with E-state index in [2.05, 4.69) is 21.3 Å². The molecule has 0 saturated carbocycles. The SMILES string of the molecule is NC(=O)C[C@@H]1NC(=O)N[C@@H](CC(=O)O)C(=O)NCCOCCOCC(=O)N[C@@H](CO)C(=O)NNC1=O. The highest BCUT2D eigenvalue weighted by molar-refractivity contribution is 5.95. The van der Waals surface area contributed by atoms with Crippen LogP contribution >= 0.6 is 0 Å². The summed E-state index contributed by atoms with van der Waals surface area (Å²) in [6.07, 6.45) is -1.54. The number of nitrogens with two attached hydrogens (primary N) is 1. The fourth-order valence-electron chi connectivity index (χ4n) is 2.63. The molecule has 0 aromatic carbocycles. The normalized spacial score (nSPS) is 23.9. The summed E-state index contributed by atoms with van der Waals surface area (Å²) in [5.74, 6) is -6.24. The molecule has 0 unspecified atom stereocenters. The number of urea groups is 1. The molecule has 1 fully saturated rings. The van der Waals surface area contributed by atoms with Gasteiger partial charge >= 0.3 is 12.0 Å². The van der Waals surface area contributed by atoms with Gasteiger partial charge in [-0.15, -0.1) is 0 Å². The smallest absolute Gasteiger partial charge is 0.316 e. The largest absolute Gasteiger partial charge is 0.481 e. The second-order valence-corrected chi connectivity index (χ2v) is 7.23. The second-order valence-electron chi connectivity index (χ2n) is 7.23. The van der Waals surface area contributed by atoms with E-state index in [1.807, 2.05) is 10.9 Å². The molecule has 0 bridgehead atoms. The number of ether oxygens (including phenoxy) is 2. The number of carboxylic acids is 1. The fraction of sp³-hybridized carbons (Fsp3) is 0.611. The van der Waals surface area contributed by atoms with Crippen LogP contribution in [0.5, 0.6) is 0 Å². The Kier molecular flexibility index (Phi) is 13.2. The first-order valence-electron chi connectivity index (χ1n) is 10.5. The van der Waals surface area contributed by atoms with Crippen molar-refractivity contribution < 1.29 is 53.2 Å². The van der Waals surface area contributed by atoms with E-state index in [-0.39, 0.29) is 26.4 Å². The van der Waals surface area contributed by atoms with Crippen LogP contribution in [0.3, 0.4) is 0 Å². The number of carbonyl (C=O) groups excluding carboxylic acids is 6. The third-order valence-corrected chi connectivity index (χ3v) is 4.32. The number of primary amides is 1. The van der Waals surface area contributed by atoms with Crippen LogP contribution in [0, 0.1) is 0 Å². The molecular weight excluding hydrogens is 490 g/mol. The molecule has 7 amide bonds. The average molecular weight is 519 g/mol. The quantitative estimate of drug-likeness (QED) is 0.165. The third-order valence-electron chi connectivity index (χ3n) is 4.32. The van der Waals surface area contributed by atoms with Gasteiger partial charge in [0.05, 0.1) is 39.3 Å². The Morgan fingerprint density at radius 2 is 1.42 bits per heavy atom. The molecule has 1 rings (SSSR count). The molecule has 0 aliphatic carbocycles. The van der Waals surface area contributed by atoms with Gasteiger partial charge in [0.25, 0.3) is 11.8 Å². The number of aliphatic hydroxyl groups is 1. The van der Waals surface area contributed by atoms with Crippen LogP contribution in [-0.4, -0.2) is 109 Å². The summed E-state index contributed by atoms with van der Waals surface area (Å²) in [4.78, 5) is 83.5. The Balaban J connectivity index is 3.01. The molecule has 1 aliphatic rings. The summed E-state index contributed by atoms with van der Waals surface area (Å²) >= 11 is 0. The number of carbonyl (C=O) groups is 7. The van der Waals surface area contributed by atoms with Crippen LogP contribution in [0.25, 0.3) is 0 Å². The Morgan fingerprint density at radius 1 is 0.833 bits per heavy atom. The van der Waals surface area contributed by atoms with Crippen LogP contribution in [0.2, 0.25) is 0 Å². The fourth-order valence-corrected chi connectivity index (χ4v) is 2.63. The van der Waals surface area contributed by atoms with Gasteiger partial charge < -0.3 is 46.7 Å². The molecule has 36 heavy (non-hydrogen) atoms. The zero-order valence-corrected chi connectivity index (χ0v) is 19.0. The van der Waals surface area contributed by atoms with Gasteiger partial charge in [0.15, 0.2) is 0 Å². The standard InChI is InChI=1S/C18H29N7O11/c19-12(27)5-9-16(32)24-25-17(33)11(7-26)21-13(28)8-36-4-3-35-2-1-20-15(31)10(6-14(29)30)23-18(34)22-9/h9-11,26H,1-8H2,(H2,19,27)(H,20,31)(H,21,28)(H,24,32)(H,25,33)(H,29,30)(H2,22,23,34)/t9-,10-,11-/m0/s1. The molecular formula is C18H29N7O11. The molecule has 0 aromatic rings. The molecule has 0 radical (unpaired) electrons. The maximum Gasteiger partial charge on any atom is 0.316 e. The number of rotatable bonds is 5. The Hall–Kier alpha value is -4.03. The molecule has 3 atom stereocenters. The number of amides is 7. The first kappa shape index (κ1) is 30.0. The summed E-state index contributed by atoms with van der Waals surface area (Å²) < 4.78 is 10.3. The van der Waals surface area contributed by atoms with Gasteiger partial charge in [-0.1, -0.05) is 0 Å². The highest BCUT2D eigenvalue weighted by Gasteiger charge is 2.28. The minimum Gasteiger partial charge on any atom is -0.481 e. The maximum absolute atomic E-state index is 12.4. The summed E-state index contributed by atoms with van der Waals surface area (Å²) in [6, 6.07) is -5.89. The van der Waals surface area contributed by atoms with E-state index in [1.165, 1.54) is 0 Å². The lowest BCUT2D eigenvalue weighted by Gasteiger charge is -2.21. The van der Waals surface area contributed by atoms with E-state index in [4.69, 9.17) is 20.3 Å². The monoisotopic (exact) mass is 519 g/mol. The van der Waals surface area contributed by atoms with E-state index in [0.29, 0.717) is 0 Å². The molecule has 0 spiro atoms. The summed E-state index contributed by atoms with van der Waals surface area (Å²) in [5, 5.41) is 27.1. The van der Waals surface area contributed by atoms with Crippen LogP contribution in [0.4, 0.5) is 4.79 Å². The number of aliphatic hydroxyl groups excluding tert-OH is 1. The lowest BCUT2D eigenvalue weighted by Crippen LogP contribution is -2.59. The van der Waals surface area contributed by atoms with Gasteiger partial charge in [0.1, 0.15) is 24.7 Å². The third kappa shape index (κ3) is 11.9. The summed E-state index contributed by atoms with van der Waals surface area (Å²) in [7, 11) is 0. The average Bonchev–Trinajstić information content (AvgIpc) is 2.80. The second kappa shape index (κ2) is 15.8. The molecule has 1 saturated heterocycles. The number of hydrogen-bond donors (Lipinski definition) is 9. The predicted octanol–water partition coefficient (Wildman–Crippen LogP) is -5.84. The number of carboxylic acid groups (broad SMARTS) is 1. The van der Waals surface area contributed by atoms with Gasteiger partial charge in [-0.3, -0.25) is 39.6 Å². The van der Waals surface area contributed by atoms with Crippen LogP contribution in [0.1, 0.15) is 12.8 Å². The topological polar surface area (TPSA) is 277 Å². The van der Waals surface area contributed by atoms with Crippen molar-refractivity contribution in [3.8, 4) is 0 Å². The Morgan fingerprint density at radius 3 is 2.00 bits per heavy atom. The summed E-state index contributed by atoms with van der Waals surface area (Å²) in [5.41, 5.74) is 8.88. The lowest BCUT2D eigenvalue weighted by molar-refractivity contribution is -0.139. The van der Waals surface area contributed by atoms with Crippen LogP contribution < -0.4 is 37.9 Å². The Bertz CT molecular complexity index is 838. The minimum atomic E-state index is -1.66. The van der Waals surface area contributed by atoms with Crippen molar-refractivity contribution in [2.45, 2.75) is 31.0 Å². The van der Waals surface area contributed by atoms with E-state index in [9.17, 15) is 38.7 Å². The number of aliphatic carboxylic acids is 1. The van der Waals surface area contributed by atoms with Crippen molar-refractivity contribution in [3.05, 3.63) is 0 Å². The minimum absolute atomic E-state index is 0.0130. The van der Waals surface area contributed by atoms with Crippen molar-refractivity contribution >= 4 is 41.5 Å². The van der Waals surface area contributed by atoms with Crippen molar-refractivity contribution in [1.29, 1.82) is 0 Å². The molecule has 1 aliphatic heterocycles. The van der Waals surface area contributed by atoms with Crippen molar-refractivity contribution in [3.63, 3.8) is 0 Å². The van der Waals surface area contributed by atoms with Gasteiger partial charge in [-0.05, 0) is 0 Å². The van der Waals surface area contributed by atoms with Gasteiger partial charge in [0, 0.05) is 6.54 Å². The van der Waals surface area contributed by atoms with Crippen LogP contribution in [-0.2, 0) is 38.2 Å². The number of hydrogen-bond acceptors (Lipinski definition) is 10. The number of nitrogens with one attached hydrogen (secondary N) is 6. The molecule has 0 aromatic heterocycles. The van der Waals surface area contributed by atoms with Crippen molar-refractivity contribution in [1.82, 2.24) is 32.1 Å². The maximum atomic E-state index is 12.4. The number of hydrazine groups is 1. The molecule has 1 heterocycles.